The van der Waals surface area contributed by atoms with E-state index in [1.165, 1.54) is 13.2 Å². The van der Waals surface area contributed by atoms with Gasteiger partial charge in [-0.2, -0.15) is 5.26 Å². The normalized spacial score (nSPS) is 12.5. The fraction of sp³-hybridized carbons (Fsp3) is 0.300. The van der Waals surface area contributed by atoms with E-state index in [0.717, 1.165) is 0 Å². The van der Waals surface area contributed by atoms with Crippen LogP contribution in [0.25, 0.3) is 0 Å². The number of rotatable bonds is 7. The summed E-state index contributed by atoms with van der Waals surface area (Å²) in [5.74, 6) is 0.0659. The SMILES string of the molecule is COc1ccc([C@H](OC(=O)Nc2ccc(C#N)cc2)[C@@H](C)CCO)cc1O. The minimum absolute atomic E-state index is 0.0552. The summed E-state index contributed by atoms with van der Waals surface area (Å²) in [5, 5.41) is 30.7. The molecule has 0 spiro atoms. The van der Waals surface area contributed by atoms with Crippen molar-refractivity contribution in [2.24, 2.45) is 5.92 Å². The molecule has 0 aliphatic heterocycles. The van der Waals surface area contributed by atoms with Gasteiger partial charge in [0.15, 0.2) is 11.5 Å². The first-order valence-electron chi connectivity index (χ1n) is 8.44. The van der Waals surface area contributed by atoms with Gasteiger partial charge in [-0.15, -0.1) is 0 Å². The number of nitriles is 1. The second-order valence-corrected chi connectivity index (χ2v) is 6.06. The molecule has 1 amide bonds. The molecular formula is C20H22N2O5. The summed E-state index contributed by atoms with van der Waals surface area (Å²) >= 11 is 0. The van der Waals surface area contributed by atoms with Gasteiger partial charge in [-0.25, -0.2) is 4.79 Å². The number of aromatic hydroxyl groups is 1. The highest BCUT2D eigenvalue weighted by Gasteiger charge is 2.24. The number of phenolic OH excluding ortho intramolecular Hbond substituents is 1. The maximum absolute atomic E-state index is 12.3. The largest absolute Gasteiger partial charge is 0.504 e. The highest BCUT2D eigenvalue weighted by Crippen LogP contribution is 2.34. The van der Waals surface area contributed by atoms with Crippen molar-refractivity contribution < 1.29 is 24.5 Å². The number of anilines is 1. The second-order valence-electron chi connectivity index (χ2n) is 6.06. The van der Waals surface area contributed by atoms with Crippen molar-refractivity contribution in [2.75, 3.05) is 19.0 Å². The number of hydrogen-bond donors (Lipinski definition) is 3. The van der Waals surface area contributed by atoms with Crippen molar-refractivity contribution in [3.05, 3.63) is 53.6 Å². The molecule has 0 saturated carbocycles. The van der Waals surface area contributed by atoms with Crippen LogP contribution in [0.2, 0.25) is 0 Å². The van der Waals surface area contributed by atoms with Crippen molar-refractivity contribution in [2.45, 2.75) is 19.4 Å². The lowest BCUT2D eigenvalue weighted by Crippen LogP contribution is -2.22. The molecule has 2 rings (SSSR count). The van der Waals surface area contributed by atoms with Gasteiger partial charge in [-0.1, -0.05) is 13.0 Å². The molecule has 0 unspecified atom stereocenters. The molecular weight excluding hydrogens is 348 g/mol. The molecule has 2 aromatic rings. The van der Waals surface area contributed by atoms with E-state index in [4.69, 9.17) is 14.7 Å². The molecule has 2 atom stereocenters. The Bertz CT molecular complexity index is 814. The topological polar surface area (TPSA) is 112 Å². The number of nitrogens with one attached hydrogen (secondary N) is 1. The molecule has 2 aromatic carbocycles. The average molecular weight is 370 g/mol. The number of benzene rings is 2. The Balaban J connectivity index is 2.17. The number of methoxy groups -OCH3 is 1. The molecule has 0 aromatic heterocycles. The van der Waals surface area contributed by atoms with E-state index < -0.39 is 12.2 Å². The minimum atomic E-state index is -0.676. The van der Waals surface area contributed by atoms with Gasteiger partial charge < -0.3 is 19.7 Å². The second kappa shape index (κ2) is 9.46. The van der Waals surface area contributed by atoms with Crippen LogP contribution in [-0.2, 0) is 4.74 Å². The Morgan fingerprint density at radius 1 is 1.26 bits per heavy atom. The van der Waals surface area contributed by atoms with Crippen LogP contribution >= 0.6 is 0 Å². The van der Waals surface area contributed by atoms with Crippen LogP contribution in [0.3, 0.4) is 0 Å². The van der Waals surface area contributed by atoms with E-state index in [-0.39, 0.29) is 18.3 Å². The van der Waals surface area contributed by atoms with E-state index in [9.17, 15) is 15.0 Å². The Kier molecular flexibility index (Phi) is 7.03. The molecule has 3 N–H and O–H groups in total. The monoisotopic (exact) mass is 370 g/mol. The number of amides is 1. The van der Waals surface area contributed by atoms with Crippen molar-refractivity contribution in [1.82, 2.24) is 0 Å². The molecule has 7 nitrogen and oxygen atoms in total. The average Bonchev–Trinajstić information content (AvgIpc) is 2.66. The van der Waals surface area contributed by atoms with Crippen LogP contribution in [0.1, 0.15) is 30.6 Å². The number of aliphatic hydroxyl groups excluding tert-OH is 1. The third-order valence-corrected chi connectivity index (χ3v) is 4.13. The number of phenols is 1. The van der Waals surface area contributed by atoms with E-state index in [1.807, 2.05) is 13.0 Å². The van der Waals surface area contributed by atoms with Gasteiger partial charge in [0.2, 0.25) is 0 Å². The first-order valence-corrected chi connectivity index (χ1v) is 8.44. The van der Waals surface area contributed by atoms with Crippen molar-refractivity contribution in [1.29, 1.82) is 5.26 Å². The quantitative estimate of drug-likeness (QED) is 0.687. The smallest absolute Gasteiger partial charge is 0.412 e. The van der Waals surface area contributed by atoms with Crippen molar-refractivity contribution in [3.8, 4) is 17.6 Å². The van der Waals surface area contributed by atoms with E-state index in [0.29, 0.717) is 29.0 Å². The highest BCUT2D eigenvalue weighted by molar-refractivity contribution is 5.84. The molecule has 0 heterocycles. The lowest BCUT2D eigenvalue weighted by atomic mass is 9.94. The number of carbonyl (C=O) groups excluding carboxylic acids is 1. The van der Waals surface area contributed by atoms with Crippen LogP contribution in [0, 0.1) is 17.2 Å². The number of nitrogens with zero attached hydrogens (tertiary/aromatic N) is 1. The highest BCUT2D eigenvalue weighted by atomic mass is 16.6. The van der Waals surface area contributed by atoms with Crippen LogP contribution in [-0.4, -0.2) is 30.0 Å². The van der Waals surface area contributed by atoms with Gasteiger partial charge in [-0.05, 0) is 54.3 Å². The number of carbonyl (C=O) groups is 1. The lowest BCUT2D eigenvalue weighted by molar-refractivity contribution is 0.0666. The maximum atomic E-state index is 12.3. The molecule has 0 aliphatic rings. The standard InChI is InChI=1S/C20H22N2O5/c1-13(9-10-23)19(15-5-8-18(26-2)17(24)11-15)27-20(25)22-16-6-3-14(12-21)4-7-16/h3-8,11,13,19,23-24H,9-10H2,1-2H3,(H,22,25)/t13-,19+/m0/s1. The molecule has 27 heavy (non-hydrogen) atoms. The van der Waals surface area contributed by atoms with E-state index in [1.54, 1.807) is 36.4 Å². The van der Waals surface area contributed by atoms with Crippen LogP contribution in [0.5, 0.6) is 11.5 Å². The third-order valence-electron chi connectivity index (χ3n) is 4.13. The van der Waals surface area contributed by atoms with Gasteiger partial charge in [0.05, 0.1) is 18.7 Å². The van der Waals surface area contributed by atoms with Crippen LogP contribution in [0.15, 0.2) is 42.5 Å². The zero-order valence-electron chi connectivity index (χ0n) is 15.2. The number of aliphatic hydroxyl groups is 1. The summed E-state index contributed by atoms with van der Waals surface area (Å²) < 4.78 is 10.6. The van der Waals surface area contributed by atoms with Gasteiger partial charge in [-0.3, -0.25) is 5.32 Å². The fourth-order valence-corrected chi connectivity index (χ4v) is 2.64. The van der Waals surface area contributed by atoms with Gasteiger partial charge >= 0.3 is 6.09 Å². The molecule has 0 aliphatic carbocycles. The van der Waals surface area contributed by atoms with E-state index in [2.05, 4.69) is 5.32 Å². The zero-order chi connectivity index (χ0) is 19.8. The first kappa shape index (κ1) is 20.1. The minimum Gasteiger partial charge on any atom is -0.504 e. The summed E-state index contributed by atoms with van der Waals surface area (Å²) in [5.41, 5.74) is 1.56. The molecule has 7 heteroatoms. The summed E-state index contributed by atoms with van der Waals surface area (Å²) in [6.45, 7) is 1.79. The summed E-state index contributed by atoms with van der Waals surface area (Å²) in [6.07, 6.45) is -0.932. The molecule has 0 fully saturated rings. The van der Waals surface area contributed by atoms with Gasteiger partial charge in [0.1, 0.15) is 6.10 Å². The van der Waals surface area contributed by atoms with Crippen LogP contribution in [0.4, 0.5) is 10.5 Å². The van der Waals surface area contributed by atoms with Gasteiger partial charge in [0, 0.05) is 12.3 Å². The van der Waals surface area contributed by atoms with E-state index >= 15 is 0 Å². The predicted molar refractivity (Wildman–Crippen MR) is 99.5 cm³/mol. The Morgan fingerprint density at radius 3 is 2.52 bits per heavy atom. The Morgan fingerprint density at radius 2 is 1.96 bits per heavy atom. The molecule has 0 bridgehead atoms. The number of ether oxygens (including phenoxy) is 2. The van der Waals surface area contributed by atoms with Gasteiger partial charge in [0.25, 0.3) is 0 Å². The third kappa shape index (κ3) is 5.36. The van der Waals surface area contributed by atoms with Crippen molar-refractivity contribution >= 4 is 11.8 Å². The Labute approximate surface area is 157 Å². The molecule has 142 valence electrons. The maximum Gasteiger partial charge on any atom is 0.412 e. The van der Waals surface area contributed by atoms with Crippen molar-refractivity contribution in [3.63, 3.8) is 0 Å². The Hall–Kier alpha value is -3.24. The summed E-state index contributed by atoms with van der Waals surface area (Å²) in [4.78, 5) is 12.3. The fourth-order valence-electron chi connectivity index (χ4n) is 2.64. The summed E-state index contributed by atoms with van der Waals surface area (Å²) in [6, 6.07) is 13.1. The molecule has 0 radical (unpaired) electrons. The summed E-state index contributed by atoms with van der Waals surface area (Å²) in [7, 11) is 1.45. The first-order chi connectivity index (χ1) is 13.0. The zero-order valence-corrected chi connectivity index (χ0v) is 15.2. The lowest BCUT2D eigenvalue weighted by Gasteiger charge is -2.24. The molecule has 0 saturated heterocycles. The number of hydrogen-bond acceptors (Lipinski definition) is 6. The predicted octanol–water partition coefficient (Wildman–Crippen LogP) is 3.58. The van der Waals surface area contributed by atoms with Crippen LogP contribution < -0.4 is 10.1 Å².